The summed E-state index contributed by atoms with van der Waals surface area (Å²) < 4.78 is 41.3. The van der Waals surface area contributed by atoms with Crippen LogP contribution in [-0.2, 0) is 29.4 Å². The number of hydrogen-bond acceptors (Lipinski definition) is 3. The summed E-state index contributed by atoms with van der Waals surface area (Å²) in [6.45, 7) is -0.160. The first-order valence-electron chi connectivity index (χ1n) is 5.61. The maximum Gasteiger partial charge on any atom is 0.411 e. The first kappa shape index (κ1) is 16.0. The van der Waals surface area contributed by atoms with Crippen molar-refractivity contribution in [1.29, 1.82) is 0 Å². The van der Waals surface area contributed by atoms with Crippen LogP contribution in [0.4, 0.5) is 13.2 Å². The van der Waals surface area contributed by atoms with E-state index >= 15 is 0 Å². The van der Waals surface area contributed by atoms with E-state index in [0.717, 1.165) is 0 Å². The van der Waals surface area contributed by atoms with Crippen LogP contribution in [0.3, 0.4) is 0 Å². The van der Waals surface area contributed by atoms with Crippen LogP contribution in [0, 0.1) is 0 Å². The second kappa shape index (κ2) is 6.38. The average Bonchev–Trinajstić information content (AvgIpc) is 2.54. The zero-order chi connectivity index (χ0) is 14.6. The summed E-state index contributed by atoms with van der Waals surface area (Å²) in [5, 5.41) is 4.50. The van der Waals surface area contributed by atoms with Gasteiger partial charge in [0, 0.05) is 7.05 Å². The lowest BCUT2D eigenvalue weighted by atomic mass is 10.2. The monoisotopic (exact) mass is 298 g/mol. The zero-order valence-electron chi connectivity index (χ0n) is 10.6. The number of carbonyl (C=O) groups is 1. The molecule has 1 rings (SSSR count). The van der Waals surface area contributed by atoms with Gasteiger partial charge in [0.2, 0.25) is 0 Å². The Morgan fingerprint density at radius 2 is 2.11 bits per heavy atom. The molecule has 0 saturated carbocycles. The minimum atomic E-state index is -4.43. The van der Waals surface area contributed by atoms with Crippen molar-refractivity contribution >= 4 is 17.4 Å². The second-order valence-corrected chi connectivity index (χ2v) is 4.39. The highest BCUT2D eigenvalue weighted by molar-refractivity contribution is 6.32. The summed E-state index contributed by atoms with van der Waals surface area (Å²) in [6.07, 6.45) is -3.91. The maximum absolute atomic E-state index is 11.8. The first-order chi connectivity index (χ1) is 8.74. The van der Waals surface area contributed by atoms with E-state index < -0.39 is 25.2 Å². The van der Waals surface area contributed by atoms with Gasteiger partial charge in [-0.3, -0.25) is 9.48 Å². The molecule has 0 bridgehead atoms. The molecule has 0 unspecified atom stereocenters. The minimum absolute atomic E-state index is 0.0970. The number of aromatic nitrogens is 2. The molecule has 108 valence electrons. The molecule has 0 aliphatic carbocycles. The third kappa shape index (κ3) is 4.83. The van der Waals surface area contributed by atoms with E-state index in [2.05, 4.69) is 9.84 Å². The number of Topliss-reactive ketones (excluding diaryl/α,β-unsaturated/α-hetero) is 1. The molecule has 1 aromatic rings. The molecule has 0 N–H and O–H groups in total. The highest BCUT2D eigenvalue weighted by atomic mass is 35.5. The predicted molar refractivity (Wildman–Crippen MR) is 63.2 cm³/mol. The standard InChI is InChI=1S/C11H14ClF3N2O2/c1-3-8-10(12)9(17(2)16-8)4-7(18)5-19-6-11(13,14)15/h3-6H2,1-2H3. The van der Waals surface area contributed by atoms with Crippen molar-refractivity contribution in [3.05, 3.63) is 16.4 Å². The van der Waals surface area contributed by atoms with E-state index in [1.165, 1.54) is 4.68 Å². The van der Waals surface area contributed by atoms with Crippen molar-refractivity contribution in [2.45, 2.75) is 25.9 Å². The van der Waals surface area contributed by atoms with Gasteiger partial charge in [0.1, 0.15) is 13.2 Å². The van der Waals surface area contributed by atoms with E-state index in [1.54, 1.807) is 7.05 Å². The van der Waals surface area contributed by atoms with Gasteiger partial charge in [0.05, 0.1) is 22.8 Å². The molecular weight excluding hydrogens is 285 g/mol. The molecule has 8 heteroatoms. The number of carbonyl (C=O) groups excluding carboxylic acids is 1. The van der Waals surface area contributed by atoms with Crippen LogP contribution in [0.1, 0.15) is 18.3 Å². The lowest BCUT2D eigenvalue weighted by molar-refractivity contribution is -0.175. The SMILES string of the molecule is CCc1nn(C)c(CC(=O)COCC(F)(F)F)c1Cl. The molecule has 0 aliphatic rings. The van der Waals surface area contributed by atoms with Crippen LogP contribution < -0.4 is 0 Å². The molecule has 0 radical (unpaired) electrons. The molecule has 0 saturated heterocycles. The summed E-state index contributed by atoms with van der Waals surface area (Å²) in [5.41, 5.74) is 1.14. The largest absolute Gasteiger partial charge is 0.411 e. The van der Waals surface area contributed by atoms with Gasteiger partial charge in [-0.15, -0.1) is 0 Å². The molecule has 1 heterocycles. The van der Waals surface area contributed by atoms with Crippen molar-refractivity contribution in [3.8, 4) is 0 Å². The smallest absolute Gasteiger partial charge is 0.364 e. The Labute approximate surface area is 113 Å². The van der Waals surface area contributed by atoms with Crippen LogP contribution in [-0.4, -0.2) is 35.0 Å². The Morgan fingerprint density at radius 3 is 2.58 bits per heavy atom. The fraction of sp³-hybridized carbons (Fsp3) is 0.636. The van der Waals surface area contributed by atoms with Crippen molar-refractivity contribution in [1.82, 2.24) is 9.78 Å². The molecule has 0 atom stereocenters. The Morgan fingerprint density at radius 1 is 1.47 bits per heavy atom. The lowest BCUT2D eigenvalue weighted by Gasteiger charge is -2.07. The van der Waals surface area contributed by atoms with E-state index in [4.69, 9.17) is 11.6 Å². The highest BCUT2D eigenvalue weighted by Crippen LogP contribution is 2.21. The summed E-state index contributed by atoms with van der Waals surface area (Å²) in [5.74, 6) is -0.475. The molecule has 19 heavy (non-hydrogen) atoms. The van der Waals surface area contributed by atoms with Crippen LogP contribution in [0.2, 0.25) is 5.02 Å². The molecule has 0 aliphatic heterocycles. The molecule has 0 amide bonds. The third-order valence-electron chi connectivity index (χ3n) is 2.40. The van der Waals surface area contributed by atoms with Gasteiger partial charge in [-0.2, -0.15) is 18.3 Å². The Hall–Kier alpha value is -1.08. The van der Waals surface area contributed by atoms with Crippen LogP contribution in [0.25, 0.3) is 0 Å². The number of ether oxygens (including phenoxy) is 1. The van der Waals surface area contributed by atoms with Gasteiger partial charge in [-0.05, 0) is 6.42 Å². The number of halogens is 4. The fourth-order valence-corrected chi connectivity index (χ4v) is 1.89. The van der Waals surface area contributed by atoms with Crippen molar-refractivity contribution in [2.75, 3.05) is 13.2 Å². The predicted octanol–water partition coefficient (Wildman–Crippen LogP) is 2.33. The highest BCUT2D eigenvalue weighted by Gasteiger charge is 2.28. The van der Waals surface area contributed by atoms with Crippen LogP contribution >= 0.6 is 11.6 Å². The summed E-state index contributed by atoms with van der Waals surface area (Å²) in [6, 6.07) is 0. The molecular formula is C11H14ClF3N2O2. The van der Waals surface area contributed by atoms with E-state index in [1.807, 2.05) is 6.92 Å². The Balaban J connectivity index is 2.56. The maximum atomic E-state index is 11.8. The normalized spacial score (nSPS) is 11.9. The van der Waals surface area contributed by atoms with Gasteiger partial charge in [-0.25, -0.2) is 0 Å². The van der Waals surface area contributed by atoms with Gasteiger partial charge in [0.25, 0.3) is 0 Å². The quantitative estimate of drug-likeness (QED) is 0.809. The van der Waals surface area contributed by atoms with Crippen molar-refractivity contribution < 1.29 is 22.7 Å². The number of aryl methyl sites for hydroxylation is 2. The van der Waals surface area contributed by atoms with Crippen LogP contribution in [0.15, 0.2) is 0 Å². The zero-order valence-corrected chi connectivity index (χ0v) is 11.3. The lowest BCUT2D eigenvalue weighted by Crippen LogP contribution is -2.21. The van der Waals surface area contributed by atoms with Crippen LogP contribution in [0.5, 0.6) is 0 Å². The first-order valence-corrected chi connectivity index (χ1v) is 5.98. The van der Waals surface area contributed by atoms with Gasteiger partial charge in [0.15, 0.2) is 5.78 Å². The summed E-state index contributed by atoms with van der Waals surface area (Å²) >= 11 is 6.02. The summed E-state index contributed by atoms with van der Waals surface area (Å²) in [7, 11) is 1.63. The van der Waals surface area contributed by atoms with E-state index in [9.17, 15) is 18.0 Å². The second-order valence-electron chi connectivity index (χ2n) is 4.01. The van der Waals surface area contributed by atoms with Gasteiger partial charge in [-0.1, -0.05) is 18.5 Å². The Kier molecular flexibility index (Phi) is 5.37. The van der Waals surface area contributed by atoms with Gasteiger partial charge < -0.3 is 4.74 Å². The minimum Gasteiger partial charge on any atom is -0.364 e. The molecule has 0 spiro atoms. The third-order valence-corrected chi connectivity index (χ3v) is 2.83. The molecule has 0 fully saturated rings. The molecule has 1 aromatic heterocycles. The number of nitrogens with zero attached hydrogens (tertiary/aromatic N) is 2. The van der Waals surface area contributed by atoms with Crippen molar-refractivity contribution in [3.63, 3.8) is 0 Å². The van der Waals surface area contributed by atoms with Gasteiger partial charge >= 0.3 is 6.18 Å². The average molecular weight is 299 g/mol. The number of hydrogen-bond donors (Lipinski definition) is 0. The molecule has 4 nitrogen and oxygen atoms in total. The fourth-order valence-electron chi connectivity index (χ4n) is 1.53. The topological polar surface area (TPSA) is 44.1 Å². The Bertz CT molecular complexity index is 458. The van der Waals surface area contributed by atoms with E-state index in [0.29, 0.717) is 22.8 Å². The van der Waals surface area contributed by atoms with Crippen molar-refractivity contribution in [2.24, 2.45) is 7.05 Å². The number of alkyl halides is 3. The summed E-state index contributed by atoms with van der Waals surface area (Å²) in [4.78, 5) is 11.5. The number of ketones is 1. The van der Waals surface area contributed by atoms with E-state index in [-0.39, 0.29) is 6.42 Å². The number of rotatable bonds is 6. The molecule has 0 aromatic carbocycles.